The summed E-state index contributed by atoms with van der Waals surface area (Å²) in [5.41, 5.74) is 0. The second-order valence-electron chi connectivity index (χ2n) is 6.70. The van der Waals surface area contributed by atoms with Crippen molar-refractivity contribution in [3.05, 3.63) is 0 Å². The van der Waals surface area contributed by atoms with Crippen LogP contribution in [-0.4, -0.2) is 79.6 Å². The van der Waals surface area contributed by atoms with E-state index >= 15 is 0 Å². The fourth-order valence-corrected chi connectivity index (χ4v) is 1.80. The average Bonchev–Trinajstić information content (AvgIpc) is 2.68. The Balaban J connectivity index is 7.29. The lowest BCUT2D eigenvalue weighted by atomic mass is 10.2. The second kappa shape index (κ2) is 10.2. The van der Waals surface area contributed by atoms with Gasteiger partial charge in [-0.3, -0.25) is 14.2 Å². The summed E-state index contributed by atoms with van der Waals surface area (Å²) in [4.78, 5) is 10.8. The number of halogens is 23. The summed E-state index contributed by atoms with van der Waals surface area (Å²) in [6.07, 6.45) is -57.5. The zero-order chi connectivity index (χ0) is 33.9. The van der Waals surface area contributed by atoms with Crippen molar-refractivity contribution >= 4 is 5.97 Å². The molecule has 0 saturated heterocycles. The molecule has 41 heavy (non-hydrogen) atoms. The Bertz CT molecular complexity index is 948. The van der Waals surface area contributed by atoms with Crippen molar-refractivity contribution in [3.63, 3.8) is 0 Å². The third kappa shape index (κ3) is 6.41. The lowest BCUT2D eigenvalue weighted by Gasteiger charge is -2.42. The first-order valence-corrected chi connectivity index (χ1v) is 8.39. The molecule has 0 unspecified atom stereocenters. The Morgan fingerprint density at radius 1 is 0.415 bits per heavy atom. The normalized spacial score (nSPS) is 19.7. The Morgan fingerprint density at radius 3 is 0.951 bits per heavy atom. The molecule has 3 atom stereocenters. The lowest BCUT2D eigenvalue weighted by Crippen LogP contribution is -2.70. The van der Waals surface area contributed by atoms with E-state index in [1.807, 2.05) is 0 Å². The van der Waals surface area contributed by atoms with Crippen LogP contribution in [0.4, 0.5) is 101 Å². The van der Waals surface area contributed by atoms with Crippen molar-refractivity contribution in [3.8, 4) is 0 Å². The smallest absolute Gasteiger partial charge is 0.462 e. The van der Waals surface area contributed by atoms with Gasteiger partial charge in [0.15, 0.2) is 0 Å². The third-order valence-electron chi connectivity index (χ3n) is 3.82. The molecule has 0 N–H and O–H groups in total. The maximum absolute atomic E-state index is 14.1. The summed E-state index contributed by atoms with van der Waals surface area (Å²) >= 11 is 0. The van der Waals surface area contributed by atoms with Gasteiger partial charge in [-0.2, -0.15) is 101 Å². The highest BCUT2D eigenvalue weighted by Crippen LogP contribution is 2.59. The van der Waals surface area contributed by atoms with Crippen LogP contribution in [0.15, 0.2) is 0 Å². The Morgan fingerprint density at radius 2 is 0.707 bits per heavy atom. The minimum absolute atomic E-state index is 0.393. The number of alkyl halides is 23. The van der Waals surface area contributed by atoms with Gasteiger partial charge in [0.2, 0.25) is 0 Å². The summed E-state index contributed by atoms with van der Waals surface area (Å²) in [5, 5.41) is 0. The Hall–Kier alpha value is -2.26. The largest absolute Gasteiger partial charge is 0.465 e. The predicted molar refractivity (Wildman–Crippen MR) is 70.8 cm³/mol. The van der Waals surface area contributed by atoms with Crippen LogP contribution in [0.1, 0.15) is 0 Å². The molecule has 0 heterocycles. The van der Waals surface area contributed by atoms with Gasteiger partial charge in [-0.25, -0.2) is 4.79 Å². The van der Waals surface area contributed by atoms with E-state index in [0.29, 0.717) is 0 Å². The SMILES string of the molecule is COC(=O)[C@](F)(OC(F)(F)[C@@](F)(OC(F)(F)[C@@](F)(OC(F)(F)C(F)(F)C(F)(F)F)C(F)(F)F)C(F)(F)F)C(F)(F)F. The van der Waals surface area contributed by atoms with Gasteiger partial charge in [0, 0.05) is 0 Å². The zero-order valence-corrected chi connectivity index (χ0v) is 17.7. The molecule has 5 nitrogen and oxygen atoms in total. The molecule has 0 aromatic heterocycles. The van der Waals surface area contributed by atoms with E-state index in [0.717, 1.165) is 9.47 Å². The molecule has 0 aliphatic heterocycles. The fourth-order valence-electron chi connectivity index (χ4n) is 1.80. The summed E-state index contributed by atoms with van der Waals surface area (Å²) in [7, 11) is -0.393. The van der Waals surface area contributed by atoms with Crippen LogP contribution in [0.25, 0.3) is 0 Å². The molecule has 0 aromatic carbocycles. The topological polar surface area (TPSA) is 54.0 Å². The summed E-state index contributed by atoms with van der Waals surface area (Å²) in [5.74, 6) is -36.5. The molecule has 28 heteroatoms. The van der Waals surface area contributed by atoms with E-state index in [-0.39, 0.29) is 0 Å². The number of carbonyl (C=O) groups is 1. The highest BCUT2D eigenvalue weighted by atomic mass is 19.4. The van der Waals surface area contributed by atoms with Gasteiger partial charge in [0.25, 0.3) is 0 Å². The highest BCUT2D eigenvalue weighted by molar-refractivity contribution is 5.78. The van der Waals surface area contributed by atoms with Gasteiger partial charge in [-0.1, -0.05) is 0 Å². The maximum atomic E-state index is 14.1. The number of methoxy groups -OCH3 is 1. The molecule has 0 aromatic rings. The highest BCUT2D eigenvalue weighted by Gasteiger charge is 2.88. The lowest BCUT2D eigenvalue weighted by molar-refractivity contribution is -0.578. The molecule has 0 amide bonds. The van der Waals surface area contributed by atoms with E-state index in [1.165, 1.54) is 0 Å². The molecular weight excluding hydrogens is 673 g/mol. The number of carbonyl (C=O) groups excluding carboxylic acids is 1. The molecule has 246 valence electrons. The first-order chi connectivity index (χ1) is 17.4. The van der Waals surface area contributed by atoms with Crippen molar-refractivity contribution in [2.75, 3.05) is 7.11 Å². The molecule has 0 spiro atoms. The van der Waals surface area contributed by atoms with Crippen LogP contribution >= 0.6 is 0 Å². The molecule has 0 rings (SSSR count). The zero-order valence-electron chi connectivity index (χ0n) is 17.7. The second-order valence-corrected chi connectivity index (χ2v) is 6.70. The number of ether oxygens (including phenoxy) is 4. The van der Waals surface area contributed by atoms with Crippen LogP contribution in [-0.2, 0) is 23.7 Å². The molecule has 0 bridgehead atoms. The van der Waals surface area contributed by atoms with Gasteiger partial charge in [-0.15, -0.1) is 0 Å². The van der Waals surface area contributed by atoms with Crippen molar-refractivity contribution in [1.82, 2.24) is 0 Å². The van der Waals surface area contributed by atoms with Crippen LogP contribution in [0, 0.1) is 0 Å². The number of hydrogen-bond acceptors (Lipinski definition) is 5. The van der Waals surface area contributed by atoms with E-state index in [4.69, 9.17) is 0 Å². The fraction of sp³-hybridized carbons (Fsp3) is 0.923. The summed E-state index contributed by atoms with van der Waals surface area (Å²) in [6, 6.07) is 0. The quantitative estimate of drug-likeness (QED) is 0.187. The van der Waals surface area contributed by atoms with E-state index in [9.17, 15) is 106 Å². The summed E-state index contributed by atoms with van der Waals surface area (Å²) < 4.78 is 306. The number of rotatable bonds is 10. The van der Waals surface area contributed by atoms with Crippen molar-refractivity contribution in [2.45, 2.75) is 66.5 Å². The van der Waals surface area contributed by atoms with Gasteiger partial charge in [0.05, 0.1) is 7.11 Å². The Labute approximate surface area is 206 Å². The predicted octanol–water partition coefficient (Wildman–Crippen LogP) is 6.87. The Kier molecular flexibility index (Phi) is 9.62. The first-order valence-electron chi connectivity index (χ1n) is 8.39. The third-order valence-corrected chi connectivity index (χ3v) is 3.82. The number of esters is 1. The van der Waals surface area contributed by atoms with Gasteiger partial charge < -0.3 is 4.74 Å². The van der Waals surface area contributed by atoms with E-state index < -0.39 is 79.6 Å². The minimum atomic E-state index is -8.74. The average molecular weight is 676 g/mol. The minimum Gasteiger partial charge on any atom is -0.465 e. The van der Waals surface area contributed by atoms with Crippen molar-refractivity contribution < 1.29 is 125 Å². The molecule has 0 saturated carbocycles. The molecule has 0 radical (unpaired) electrons. The standard InChI is InChI=1S/C13H3F23O5/c1-38-2(37)3(14,7(19,20)21)39-12(33,34)5(17,9(25,26)27)41-13(35,36)6(18,10(28,29)30)40-11(31,32)4(15,16)8(22,23)24/h1H3/t3-,5-,6-/m0/s1. The van der Waals surface area contributed by atoms with Gasteiger partial charge in [0.1, 0.15) is 0 Å². The molecule has 0 fully saturated rings. The molecule has 0 aliphatic carbocycles. The van der Waals surface area contributed by atoms with E-state index in [1.54, 1.807) is 4.74 Å². The monoisotopic (exact) mass is 676 g/mol. The molecular formula is C13H3F23O5. The van der Waals surface area contributed by atoms with Crippen LogP contribution in [0.2, 0.25) is 0 Å². The maximum Gasteiger partial charge on any atom is 0.462 e. The first kappa shape index (κ1) is 38.7. The van der Waals surface area contributed by atoms with Crippen LogP contribution in [0.3, 0.4) is 0 Å². The summed E-state index contributed by atoms with van der Waals surface area (Å²) in [6.45, 7) is 0. The molecule has 0 aliphatic rings. The van der Waals surface area contributed by atoms with E-state index in [2.05, 4.69) is 4.74 Å². The van der Waals surface area contributed by atoms with Gasteiger partial charge >= 0.3 is 72.5 Å². The van der Waals surface area contributed by atoms with Crippen molar-refractivity contribution in [2.24, 2.45) is 0 Å². The van der Waals surface area contributed by atoms with Gasteiger partial charge in [-0.05, 0) is 0 Å². The number of hydrogen-bond donors (Lipinski definition) is 0. The van der Waals surface area contributed by atoms with Crippen LogP contribution in [0.5, 0.6) is 0 Å². The van der Waals surface area contributed by atoms with Crippen molar-refractivity contribution in [1.29, 1.82) is 0 Å². The van der Waals surface area contributed by atoms with Crippen LogP contribution < -0.4 is 0 Å².